The number of alkyl halides is 6. The molecule has 0 N–H and O–H groups in total. The number of methoxy groups -OCH3 is 3. The maximum atomic E-state index is 15.4. The number of carbonyl (C=O) groups is 1. The van der Waals surface area contributed by atoms with Crippen LogP contribution in [0.4, 0.5) is 37.7 Å². The number of fused-ring (bicyclic) bond motifs is 8. The zero-order valence-corrected chi connectivity index (χ0v) is 47.2. The number of unbranched alkanes of at least 4 members (excludes halogenated alkanes) is 2. The summed E-state index contributed by atoms with van der Waals surface area (Å²) in [6.07, 6.45) is 8.13. The molecular weight excluding hydrogens is 1040 g/mol. The fourth-order valence-electron chi connectivity index (χ4n) is 14.4. The first-order valence-corrected chi connectivity index (χ1v) is 28.9. The Balaban J connectivity index is 0.944. The van der Waals surface area contributed by atoms with Gasteiger partial charge in [0.2, 0.25) is 0 Å². The van der Waals surface area contributed by atoms with E-state index in [0.717, 1.165) is 69.0 Å². The van der Waals surface area contributed by atoms with Crippen LogP contribution in [-0.2, 0) is 28.2 Å². The minimum Gasteiger partial charge on any atom is -0.497 e. The molecule has 0 radical (unpaired) electrons. The van der Waals surface area contributed by atoms with Crippen LogP contribution in [0.15, 0.2) is 103 Å². The lowest BCUT2D eigenvalue weighted by atomic mass is 9.63. The average Bonchev–Trinajstić information content (AvgIpc) is 1.97. The Bertz CT molecular complexity index is 3260. The Kier molecular flexibility index (Phi) is 15.1. The molecule has 0 aromatic heterocycles. The molecule has 2 aliphatic heterocycles. The van der Waals surface area contributed by atoms with E-state index in [1.54, 1.807) is 35.2 Å². The van der Waals surface area contributed by atoms with E-state index in [4.69, 9.17) is 23.7 Å². The van der Waals surface area contributed by atoms with Gasteiger partial charge < -0.3 is 33.5 Å². The lowest BCUT2D eigenvalue weighted by Gasteiger charge is -2.41. The first kappa shape index (κ1) is 56.1. The summed E-state index contributed by atoms with van der Waals surface area (Å²) in [6, 6.07) is 27.3. The predicted molar refractivity (Wildman–Crippen MR) is 306 cm³/mol. The lowest BCUT2D eigenvalue weighted by Crippen LogP contribution is -2.46. The number of nitrogens with zero attached hydrogens (tertiary/aromatic N) is 2. The van der Waals surface area contributed by atoms with Crippen molar-refractivity contribution in [2.45, 2.75) is 128 Å². The first-order valence-electron chi connectivity index (χ1n) is 28.9. The van der Waals surface area contributed by atoms with Crippen LogP contribution in [-0.4, -0.2) is 53.5 Å². The standard InChI is InChI=1S/C67H72F6N2O6/c1-7-8-12-30-64(31-27-43(28-32-64)42-13-10-9-11-14-42)62(76)80-50-25-19-47(20-26-50)74-34-36-75(37-35-74)56-40-52-53(41-57(56)79-6)61-51(60-58(52)54-38-46(66(68,69)70)39-55(67(71,72)73)59(54)63(60,2)3)29-33-65(81-61,44-15-21-48(77-4)22-16-44)45-17-23-49(78-5)24-18-45/h15-26,29,33,38-43H,7-14,27-28,30-32,34-37H2,1-6H3/t43-,64-. The highest BCUT2D eigenvalue weighted by Crippen LogP contribution is 2.62. The van der Waals surface area contributed by atoms with Crippen molar-refractivity contribution in [3.63, 3.8) is 0 Å². The molecule has 428 valence electrons. The Morgan fingerprint density at radius 1 is 0.654 bits per heavy atom. The van der Waals surface area contributed by atoms with Gasteiger partial charge in [0.15, 0.2) is 5.60 Å². The zero-order valence-electron chi connectivity index (χ0n) is 47.2. The summed E-state index contributed by atoms with van der Waals surface area (Å²) in [7, 11) is 4.69. The van der Waals surface area contributed by atoms with Crippen LogP contribution in [0.5, 0.6) is 28.7 Å². The van der Waals surface area contributed by atoms with Crippen molar-refractivity contribution >= 4 is 34.2 Å². The summed E-state index contributed by atoms with van der Waals surface area (Å²) < 4.78 is 122. The van der Waals surface area contributed by atoms with E-state index >= 15 is 13.2 Å². The fourth-order valence-corrected chi connectivity index (χ4v) is 14.4. The summed E-state index contributed by atoms with van der Waals surface area (Å²) >= 11 is 0. The first-order chi connectivity index (χ1) is 38.8. The van der Waals surface area contributed by atoms with Crippen molar-refractivity contribution in [1.82, 2.24) is 0 Å². The number of benzene rings is 6. The van der Waals surface area contributed by atoms with Gasteiger partial charge in [0.1, 0.15) is 28.7 Å². The zero-order chi connectivity index (χ0) is 57.1. The average molecular weight is 1120 g/mol. The number of hydrogen-bond donors (Lipinski definition) is 0. The molecule has 0 unspecified atom stereocenters. The third-order valence-electron chi connectivity index (χ3n) is 18.7. The van der Waals surface area contributed by atoms with E-state index in [0.29, 0.717) is 99.6 Å². The quantitative estimate of drug-likeness (QED) is 0.0462. The molecule has 5 aliphatic rings. The van der Waals surface area contributed by atoms with Crippen LogP contribution < -0.4 is 33.5 Å². The monoisotopic (exact) mass is 1110 g/mol. The highest BCUT2D eigenvalue weighted by atomic mass is 19.4. The van der Waals surface area contributed by atoms with Gasteiger partial charge in [0.25, 0.3) is 0 Å². The highest BCUT2D eigenvalue weighted by molar-refractivity contribution is 6.10. The molecule has 81 heavy (non-hydrogen) atoms. The summed E-state index contributed by atoms with van der Waals surface area (Å²) in [5.74, 6) is 3.92. The van der Waals surface area contributed by atoms with Gasteiger partial charge in [-0.25, -0.2) is 0 Å². The number of esters is 1. The summed E-state index contributed by atoms with van der Waals surface area (Å²) in [4.78, 5) is 18.6. The normalized spacial score (nSPS) is 20.5. The maximum absolute atomic E-state index is 15.4. The molecule has 0 bridgehead atoms. The van der Waals surface area contributed by atoms with Crippen LogP contribution in [0, 0.1) is 17.3 Å². The van der Waals surface area contributed by atoms with Crippen LogP contribution >= 0.6 is 0 Å². The molecule has 6 aromatic carbocycles. The Labute approximate surface area is 471 Å². The molecule has 14 heteroatoms. The van der Waals surface area contributed by atoms with Crippen LogP contribution in [0.3, 0.4) is 0 Å². The third kappa shape index (κ3) is 10.2. The van der Waals surface area contributed by atoms with E-state index in [1.807, 2.05) is 97.1 Å². The van der Waals surface area contributed by atoms with E-state index in [9.17, 15) is 18.0 Å². The van der Waals surface area contributed by atoms with Gasteiger partial charge in [0.05, 0.1) is 43.6 Å². The largest absolute Gasteiger partial charge is 0.497 e. The number of piperazine rings is 1. The molecule has 6 aromatic rings. The van der Waals surface area contributed by atoms with E-state index in [-0.39, 0.29) is 28.7 Å². The minimum atomic E-state index is -5.12. The molecule has 8 nitrogen and oxygen atoms in total. The van der Waals surface area contributed by atoms with Crippen LogP contribution in [0.25, 0.3) is 28.0 Å². The summed E-state index contributed by atoms with van der Waals surface area (Å²) in [5, 5.41) is 0.873. The van der Waals surface area contributed by atoms with Gasteiger partial charge in [-0.2, -0.15) is 26.3 Å². The molecule has 2 heterocycles. The fraction of sp³-hybridized carbons (Fsp3) is 0.448. The minimum absolute atomic E-state index is 0.108. The van der Waals surface area contributed by atoms with Gasteiger partial charge in [0, 0.05) is 59.4 Å². The smallest absolute Gasteiger partial charge is 0.416 e. The van der Waals surface area contributed by atoms with E-state index < -0.39 is 39.9 Å². The molecule has 11 rings (SSSR count). The van der Waals surface area contributed by atoms with Crippen molar-refractivity contribution in [3.8, 4) is 39.9 Å². The number of hydrogen-bond acceptors (Lipinski definition) is 8. The molecule has 0 spiro atoms. The van der Waals surface area contributed by atoms with Crippen molar-refractivity contribution in [1.29, 1.82) is 0 Å². The lowest BCUT2D eigenvalue weighted by molar-refractivity contribution is -0.150. The Morgan fingerprint density at radius 2 is 1.25 bits per heavy atom. The Hall–Kier alpha value is -6.83. The second-order valence-corrected chi connectivity index (χ2v) is 23.6. The van der Waals surface area contributed by atoms with Gasteiger partial charge in [-0.3, -0.25) is 4.79 Å². The summed E-state index contributed by atoms with van der Waals surface area (Å²) in [6.45, 7) is 7.63. The van der Waals surface area contributed by atoms with E-state index in [2.05, 4.69) is 16.7 Å². The molecule has 0 atom stereocenters. The van der Waals surface area contributed by atoms with Crippen LogP contribution in [0.2, 0.25) is 0 Å². The van der Waals surface area contributed by atoms with Gasteiger partial charge in [-0.15, -0.1) is 0 Å². The predicted octanol–water partition coefficient (Wildman–Crippen LogP) is 17.1. The SMILES string of the molecule is CCCCC[C@]1(C(=O)Oc2ccc(N3CCN(c4cc5c6c(c7c(c5cc4OC)OC(c4ccc(OC)cc4)(c4ccc(OC)cc4)C=C7)C(C)(C)c4c-6cc(C(F)(F)F)cc4C(F)(F)F)CC3)cc2)CC[C@H](C2CCCCC2)CC1. The Morgan fingerprint density at radius 3 is 1.81 bits per heavy atom. The number of anilines is 2. The third-order valence-corrected chi connectivity index (χ3v) is 18.7. The van der Waals surface area contributed by atoms with Crippen molar-refractivity contribution < 1.29 is 54.8 Å². The van der Waals surface area contributed by atoms with Crippen molar-refractivity contribution in [2.24, 2.45) is 17.3 Å². The molecule has 3 aliphatic carbocycles. The number of carbonyl (C=O) groups excluding carboxylic acids is 1. The number of ether oxygens (including phenoxy) is 5. The second kappa shape index (κ2) is 21.8. The number of halogens is 6. The van der Waals surface area contributed by atoms with Gasteiger partial charge in [-0.1, -0.05) is 102 Å². The van der Waals surface area contributed by atoms with Crippen molar-refractivity contribution in [3.05, 3.63) is 142 Å². The number of rotatable bonds is 14. The molecular formula is C67H72F6N2O6. The van der Waals surface area contributed by atoms with Crippen molar-refractivity contribution in [2.75, 3.05) is 57.3 Å². The summed E-state index contributed by atoms with van der Waals surface area (Å²) in [5.41, 5.74) is -2.17. The van der Waals surface area contributed by atoms with Gasteiger partial charge >= 0.3 is 18.3 Å². The molecule has 2 saturated carbocycles. The van der Waals surface area contributed by atoms with Crippen LogP contribution in [0.1, 0.15) is 143 Å². The molecule has 3 fully saturated rings. The highest BCUT2D eigenvalue weighted by Gasteiger charge is 2.51. The maximum Gasteiger partial charge on any atom is 0.416 e. The molecule has 1 saturated heterocycles. The van der Waals surface area contributed by atoms with Gasteiger partial charge in [-0.05, 0) is 150 Å². The van der Waals surface area contributed by atoms with E-state index in [1.165, 1.54) is 32.1 Å². The topological polar surface area (TPSA) is 69.7 Å². The molecule has 0 amide bonds. The second-order valence-electron chi connectivity index (χ2n) is 23.6.